The number of hydrogen-bond donors (Lipinski definition) is 0. The van der Waals surface area contributed by atoms with Gasteiger partial charge in [-0.15, -0.1) is 10.2 Å². The van der Waals surface area contributed by atoms with E-state index >= 15 is 0 Å². The molecular formula is C15H16N6S. The Hall–Kier alpha value is -2.28. The predicted molar refractivity (Wildman–Crippen MR) is 88.6 cm³/mol. The molecule has 1 aliphatic rings. The number of para-hydroxylation sites is 2. The standard InChI is InChI=1S/C15H16N6S/c1-11-18-19-15(22-11)21-8-6-20(7-9-21)14-10-16-12-4-2-3-5-13(12)17-14/h2-5,10H,6-9H2,1H3. The van der Waals surface area contributed by atoms with Crippen molar-refractivity contribution >= 4 is 33.3 Å². The third-order valence-electron chi connectivity index (χ3n) is 3.83. The molecule has 1 aromatic carbocycles. The Labute approximate surface area is 132 Å². The molecule has 1 aliphatic heterocycles. The van der Waals surface area contributed by atoms with E-state index in [2.05, 4.69) is 25.0 Å². The molecule has 0 spiro atoms. The van der Waals surface area contributed by atoms with Crippen molar-refractivity contribution in [3.63, 3.8) is 0 Å². The van der Waals surface area contributed by atoms with E-state index in [4.69, 9.17) is 4.98 Å². The van der Waals surface area contributed by atoms with E-state index in [1.807, 2.05) is 37.4 Å². The van der Waals surface area contributed by atoms with E-state index in [0.29, 0.717) is 0 Å². The first-order valence-corrected chi connectivity index (χ1v) is 8.13. The van der Waals surface area contributed by atoms with Crippen LogP contribution >= 0.6 is 11.3 Å². The Bertz CT molecular complexity index is 793. The second-order valence-electron chi connectivity index (χ2n) is 5.29. The quantitative estimate of drug-likeness (QED) is 0.722. The van der Waals surface area contributed by atoms with Crippen LogP contribution in [0.3, 0.4) is 0 Å². The summed E-state index contributed by atoms with van der Waals surface area (Å²) in [6.07, 6.45) is 1.87. The van der Waals surface area contributed by atoms with Crippen LogP contribution in [0, 0.1) is 6.92 Å². The van der Waals surface area contributed by atoms with Crippen LogP contribution in [0.2, 0.25) is 0 Å². The third-order valence-corrected chi connectivity index (χ3v) is 4.72. The molecule has 1 saturated heterocycles. The van der Waals surface area contributed by atoms with Crippen LogP contribution in [0.15, 0.2) is 30.5 Å². The van der Waals surface area contributed by atoms with Crippen LogP contribution in [0.4, 0.5) is 10.9 Å². The minimum atomic E-state index is 0.922. The van der Waals surface area contributed by atoms with Gasteiger partial charge in [-0.2, -0.15) is 0 Å². The maximum atomic E-state index is 4.72. The molecule has 22 heavy (non-hydrogen) atoms. The van der Waals surface area contributed by atoms with Crippen molar-refractivity contribution in [3.8, 4) is 0 Å². The van der Waals surface area contributed by atoms with Crippen molar-refractivity contribution in [1.29, 1.82) is 0 Å². The lowest BCUT2D eigenvalue weighted by molar-refractivity contribution is 0.643. The van der Waals surface area contributed by atoms with Crippen LogP contribution in [0.5, 0.6) is 0 Å². The number of aromatic nitrogens is 4. The van der Waals surface area contributed by atoms with Gasteiger partial charge in [0.05, 0.1) is 17.2 Å². The average molecular weight is 312 g/mol. The molecule has 0 aliphatic carbocycles. The normalized spacial score (nSPS) is 15.5. The zero-order valence-electron chi connectivity index (χ0n) is 12.3. The van der Waals surface area contributed by atoms with Crippen molar-refractivity contribution in [1.82, 2.24) is 20.2 Å². The van der Waals surface area contributed by atoms with Gasteiger partial charge in [-0.05, 0) is 19.1 Å². The molecule has 7 heteroatoms. The Kier molecular flexibility index (Phi) is 3.34. The van der Waals surface area contributed by atoms with Gasteiger partial charge in [0.1, 0.15) is 10.8 Å². The highest BCUT2D eigenvalue weighted by Crippen LogP contribution is 2.22. The topological polar surface area (TPSA) is 58.0 Å². The summed E-state index contributed by atoms with van der Waals surface area (Å²) >= 11 is 1.65. The Morgan fingerprint density at radius 3 is 2.41 bits per heavy atom. The first-order chi connectivity index (χ1) is 10.8. The van der Waals surface area contributed by atoms with E-state index in [1.165, 1.54) is 0 Å². The summed E-state index contributed by atoms with van der Waals surface area (Å²) in [5, 5.41) is 10.3. The van der Waals surface area contributed by atoms with Gasteiger partial charge in [0.2, 0.25) is 5.13 Å². The van der Waals surface area contributed by atoms with Gasteiger partial charge in [0.25, 0.3) is 0 Å². The first kappa shape index (κ1) is 13.4. The smallest absolute Gasteiger partial charge is 0.208 e. The number of anilines is 2. The SMILES string of the molecule is Cc1nnc(N2CCN(c3cnc4ccccc4n3)CC2)s1. The number of piperazine rings is 1. The molecule has 0 unspecified atom stereocenters. The molecule has 3 heterocycles. The fraction of sp³-hybridized carbons (Fsp3) is 0.333. The molecule has 4 rings (SSSR count). The molecule has 0 atom stereocenters. The van der Waals surface area contributed by atoms with Gasteiger partial charge >= 0.3 is 0 Å². The lowest BCUT2D eigenvalue weighted by atomic mass is 10.3. The summed E-state index contributed by atoms with van der Waals surface area (Å²) < 4.78 is 0. The zero-order chi connectivity index (χ0) is 14.9. The van der Waals surface area contributed by atoms with Crippen LogP contribution < -0.4 is 9.80 Å². The average Bonchev–Trinajstić information content (AvgIpc) is 3.01. The van der Waals surface area contributed by atoms with Crippen molar-refractivity contribution < 1.29 is 0 Å². The van der Waals surface area contributed by atoms with Gasteiger partial charge in [-0.25, -0.2) is 4.98 Å². The van der Waals surface area contributed by atoms with Crippen LogP contribution in [0.1, 0.15) is 5.01 Å². The second kappa shape index (κ2) is 5.49. The Balaban J connectivity index is 1.50. The summed E-state index contributed by atoms with van der Waals surface area (Å²) in [5.41, 5.74) is 1.89. The highest BCUT2D eigenvalue weighted by molar-refractivity contribution is 7.15. The predicted octanol–water partition coefficient (Wildman–Crippen LogP) is 2.12. The molecule has 6 nitrogen and oxygen atoms in total. The second-order valence-corrected chi connectivity index (χ2v) is 6.45. The summed E-state index contributed by atoms with van der Waals surface area (Å²) in [6, 6.07) is 7.98. The van der Waals surface area contributed by atoms with Crippen molar-refractivity contribution in [2.45, 2.75) is 6.92 Å². The molecule has 0 saturated carbocycles. The highest BCUT2D eigenvalue weighted by Gasteiger charge is 2.20. The largest absolute Gasteiger partial charge is 0.352 e. The van der Waals surface area contributed by atoms with Crippen molar-refractivity contribution in [2.75, 3.05) is 36.0 Å². The molecule has 1 fully saturated rings. The summed E-state index contributed by atoms with van der Waals surface area (Å²) in [7, 11) is 0. The summed E-state index contributed by atoms with van der Waals surface area (Å²) in [4.78, 5) is 13.8. The number of nitrogens with zero attached hydrogens (tertiary/aromatic N) is 6. The van der Waals surface area contributed by atoms with E-state index in [0.717, 1.165) is 53.2 Å². The monoisotopic (exact) mass is 312 g/mol. The van der Waals surface area contributed by atoms with Gasteiger partial charge in [-0.3, -0.25) is 4.98 Å². The van der Waals surface area contributed by atoms with Gasteiger partial charge in [0.15, 0.2) is 0 Å². The number of rotatable bonds is 2. The summed E-state index contributed by atoms with van der Waals surface area (Å²) in [5.74, 6) is 0.951. The number of aryl methyl sites for hydroxylation is 1. The van der Waals surface area contributed by atoms with Crippen LogP contribution in [-0.2, 0) is 0 Å². The molecule has 2 aromatic heterocycles. The lowest BCUT2D eigenvalue weighted by Gasteiger charge is -2.34. The van der Waals surface area contributed by atoms with Gasteiger partial charge in [-0.1, -0.05) is 23.5 Å². The molecule has 0 N–H and O–H groups in total. The highest BCUT2D eigenvalue weighted by atomic mass is 32.1. The van der Waals surface area contributed by atoms with E-state index in [1.54, 1.807) is 11.3 Å². The van der Waals surface area contributed by atoms with E-state index in [9.17, 15) is 0 Å². The Morgan fingerprint density at radius 2 is 1.68 bits per heavy atom. The maximum absolute atomic E-state index is 4.72. The van der Waals surface area contributed by atoms with E-state index < -0.39 is 0 Å². The van der Waals surface area contributed by atoms with Gasteiger partial charge < -0.3 is 9.80 Å². The molecule has 0 bridgehead atoms. The fourth-order valence-corrected chi connectivity index (χ4v) is 3.38. The third kappa shape index (κ3) is 2.48. The molecule has 3 aromatic rings. The minimum absolute atomic E-state index is 0.922. The molecule has 112 valence electrons. The fourth-order valence-electron chi connectivity index (χ4n) is 2.64. The molecule has 0 radical (unpaired) electrons. The number of benzene rings is 1. The Morgan fingerprint density at radius 1 is 0.955 bits per heavy atom. The minimum Gasteiger partial charge on any atom is -0.352 e. The zero-order valence-corrected chi connectivity index (χ0v) is 13.1. The molecule has 0 amide bonds. The summed E-state index contributed by atoms with van der Waals surface area (Å²) in [6.45, 7) is 5.70. The number of hydrogen-bond acceptors (Lipinski definition) is 7. The number of fused-ring (bicyclic) bond motifs is 1. The van der Waals surface area contributed by atoms with Crippen LogP contribution in [-0.4, -0.2) is 46.3 Å². The lowest BCUT2D eigenvalue weighted by Crippen LogP contribution is -2.46. The van der Waals surface area contributed by atoms with E-state index in [-0.39, 0.29) is 0 Å². The van der Waals surface area contributed by atoms with Gasteiger partial charge in [0, 0.05) is 26.2 Å². The van der Waals surface area contributed by atoms with Crippen molar-refractivity contribution in [2.24, 2.45) is 0 Å². The first-order valence-electron chi connectivity index (χ1n) is 7.31. The maximum Gasteiger partial charge on any atom is 0.208 e. The van der Waals surface area contributed by atoms with Crippen molar-refractivity contribution in [3.05, 3.63) is 35.5 Å². The molecular weight excluding hydrogens is 296 g/mol. The van der Waals surface area contributed by atoms with Crippen LogP contribution in [0.25, 0.3) is 11.0 Å².